The lowest BCUT2D eigenvalue weighted by atomic mass is 9.96. The van der Waals surface area contributed by atoms with E-state index in [9.17, 15) is 14.3 Å². The van der Waals surface area contributed by atoms with E-state index in [-0.39, 0.29) is 18.3 Å². The van der Waals surface area contributed by atoms with Crippen molar-refractivity contribution < 1.29 is 14.3 Å². The Bertz CT molecular complexity index is 861. The molecule has 128 valence electrons. The van der Waals surface area contributed by atoms with Crippen LogP contribution in [0.2, 0.25) is 0 Å². The highest BCUT2D eigenvalue weighted by atomic mass is 19.1. The third-order valence-corrected chi connectivity index (χ3v) is 3.85. The molecule has 0 saturated heterocycles. The second-order valence-corrected chi connectivity index (χ2v) is 5.85. The van der Waals surface area contributed by atoms with Crippen molar-refractivity contribution in [3.8, 4) is 5.69 Å². The molecule has 0 aliphatic heterocycles. The van der Waals surface area contributed by atoms with Gasteiger partial charge in [0.05, 0.1) is 12.2 Å². The van der Waals surface area contributed by atoms with Crippen molar-refractivity contribution in [1.29, 1.82) is 0 Å². The zero-order chi connectivity index (χ0) is 17.9. The van der Waals surface area contributed by atoms with Crippen molar-refractivity contribution in [2.45, 2.75) is 12.5 Å². The lowest BCUT2D eigenvalue weighted by molar-refractivity contribution is 0.0526. The van der Waals surface area contributed by atoms with Gasteiger partial charge in [-0.2, -0.15) is 5.10 Å². The van der Waals surface area contributed by atoms with Crippen LogP contribution < -0.4 is 5.32 Å². The topological polar surface area (TPSA) is 80.0 Å². The van der Waals surface area contributed by atoms with Crippen molar-refractivity contribution in [2.75, 3.05) is 6.54 Å². The van der Waals surface area contributed by atoms with Gasteiger partial charge in [0.15, 0.2) is 0 Å². The van der Waals surface area contributed by atoms with Crippen LogP contribution in [-0.2, 0) is 5.60 Å². The van der Waals surface area contributed by atoms with Crippen LogP contribution in [-0.4, -0.2) is 32.3 Å². The van der Waals surface area contributed by atoms with Crippen LogP contribution in [0.15, 0.2) is 61.2 Å². The summed E-state index contributed by atoms with van der Waals surface area (Å²) in [4.78, 5) is 16.2. The smallest absolute Gasteiger partial charge is 0.251 e. The molecule has 0 radical (unpaired) electrons. The molecule has 3 rings (SSSR count). The third-order valence-electron chi connectivity index (χ3n) is 3.85. The van der Waals surface area contributed by atoms with E-state index in [1.807, 2.05) is 0 Å². The molecule has 6 nitrogen and oxygen atoms in total. The number of aliphatic hydroxyl groups is 1. The predicted octanol–water partition coefficient (Wildman–Crippen LogP) is 2.04. The molecule has 2 aromatic carbocycles. The molecule has 1 heterocycles. The second-order valence-electron chi connectivity index (χ2n) is 5.85. The van der Waals surface area contributed by atoms with Crippen molar-refractivity contribution >= 4 is 5.91 Å². The number of carbonyl (C=O) groups excluding carboxylic acids is 1. The Morgan fingerprint density at radius 3 is 2.72 bits per heavy atom. The highest BCUT2D eigenvalue weighted by molar-refractivity contribution is 5.94. The van der Waals surface area contributed by atoms with Gasteiger partial charge in [-0.25, -0.2) is 14.1 Å². The van der Waals surface area contributed by atoms with Crippen LogP contribution in [0, 0.1) is 5.82 Å². The van der Waals surface area contributed by atoms with Crippen LogP contribution in [0.1, 0.15) is 22.8 Å². The Balaban J connectivity index is 1.70. The highest BCUT2D eigenvalue weighted by Gasteiger charge is 2.24. The minimum Gasteiger partial charge on any atom is -0.384 e. The molecule has 1 unspecified atom stereocenters. The summed E-state index contributed by atoms with van der Waals surface area (Å²) >= 11 is 0. The first-order chi connectivity index (χ1) is 12.0. The summed E-state index contributed by atoms with van der Waals surface area (Å²) in [5, 5.41) is 17.2. The number of halogens is 1. The fourth-order valence-electron chi connectivity index (χ4n) is 2.40. The first kappa shape index (κ1) is 16.8. The van der Waals surface area contributed by atoms with Crippen molar-refractivity contribution in [2.24, 2.45) is 0 Å². The number of hydrogen-bond acceptors (Lipinski definition) is 4. The minimum absolute atomic E-state index is 0.00891. The maximum Gasteiger partial charge on any atom is 0.251 e. The Morgan fingerprint density at radius 2 is 2.04 bits per heavy atom. The monoisotopic (exact) mass is 340 g/mol. The molecule has 2 N–H and O–H groups in total. The molecule has 1 aromatic heterocycles. The van der Waals surface area contributed by atoms with Gasteiger partial charge in [-0.05, 0) is 42.8 Å². The number of benzene rings is 2. The average Bonchev–Trinajstić information content (AvgIpc) is 3.15. The van der Waals surface area contributed by atoms with Crippen molar-refractivity contribution in [3.05, 3.63) is 78.1 Å². The Labute approximate surface area is 144 Å². The SMILES string of the molecule is CC(O)(CNC(=O)c1cccc(-n2cncn2)c1)c1ccc(F)cc1. The Hall–Kier alpha value is -3.06. The number of rotatable bonds is 5. The Morgan fingerprint density at radius 1 is 1.28 bits per heavy atom. The van der Waals surface area contributed by atoms with Gasteiger partial charge in [0.1, 0.15) is 24.1 Å². The van der Waals surface area contributed by atoms with Gasteiger partial charge in [-0.15, -0.1) is 0 Å². The molecular weight excluding hydrogens is 323 g/mol. The summed E-state index contributed by atoms with van der Waals surface area (Å²) in [7, 11) is 0. The largest absolute Gasteiger partial charge is 0.384 e. The zero-order valence-electron chi connectivity index (χ0n) is 13.6. The van der Waals surface area contributed by atoms with E-state index in [4.69, 9.17) is 0 Å². The van der Waals surface area contributed by atoms with Gasteiger partial charge in [-0.1, -0.05) is 18.2 Å². The number of nitrogens with one attached hydrogen (secondary N) is 1. The molecule has 25 heavy (non-hydrogen) atoms. The van der Waals surface area contributed by atoms with E-state index in [0.29, 0.717) is 16.8 Å². The molecule has 0 saturated carbocycles. The molecule has 3 aromatic rings. The van der Waals surface area contributed by atoms with Crippen LogP contribution in [0.25, 0.3) is 5.69 Å². The summed E-state index contributed by atoms with van der Waals surface area (Å²) in [6.07, 6.45) is 2.95. The van der Waals surface area contributed by atoms with Gasteiger partial charge in [0.25, 0.3) is 5.91 Å². The number of hydrogen-bond donors (Lipinski definition) is 2. The summed E-state index contributed by atoms with van der Waals surface area (Å²) in [6.45, 7) is 1.55. The fraction of sp³-hybridized carbons (Fsp3) is 0.167. The predicted molar refractivity (Wildman–Crippen MR) is 89.7 cm³/mol. The zero-order valence-corrected chi connectivity index (χ0v) is 13.6. The van der Waals surface area contributed by atoms with Gasteiger partial charge in [0, 0.05) is 5.56 Å². The Kier molecular flexibility index (Phi) is 4.58. The molecule has 0 spiro atoms. The van der Waals surface area contributed by atoms with Crippen LogP contribution in [0.3, 0.4) is 0 Å². The van der Waals surface area contributed by atoms with Crippen LogP contribution in [0.5, 0.6) is 0 Å². The fourth-order valence-corrected chi connectivity index (χ4v) is 2.40. The number of aromatic nitrogens is 3. The third kappa shape index (κ3) is 3.89. The van der Waals surface area contributed by atoms with Crippen LogP contribution >= 0.6 is 0 Å². The van der Waals surface area contributed by atoms with E-state index in [1.54, 1.807) is 35.9 Å². The maximum atomic E-state index is 13.0. The van der Waals surface area contributed by atoms with Gasteiger partial charge in [0.2, 0.25) is 0 Å². The molecule has 1 atom stereocenters. The highest BCUT2D eigenvalue weighted by Crippen LogP contribution is 2.20. The molecule has 0 fully saturated rings. The van der Waals surface area contributed by atoms with E-state index in [0.717, 1.165) is 0 Å². The molecular formula is C18H17FN4O2. The first-order valence-corrected chi connectivity index (χ1v) is 7.67. The quantitative estimate of drug-likeness (QED) is 0.745. The summed E-state index contributed by atoms with van der Waals surface area (Å²) < 4.78 is 14.5. The maximum absolute atomic E-state index is 13.0. The average molecular weight is 340 g/mol. The van der Waals surface area contributed by atoms with Gasteiger partial charge in [-0.3, -0.25) is 4.79 Å². The summed E-state index contributed by atoms with van der Waals surface area (Å²) in [5.74, 6) is -0.710. The minimum atomic E-state index is -1.31. The van der Waals surface area contributed by atoms with E-state index in [2.05, 4.69) is 15.4 Å². The molecule has 0 bridgehead atoms. The van der Waals surface area contributed by atoms with Crippen molar-refractivity contribution in [3.63, 3.8) is 0 Å². The van der Waals surface area contributed by atoms with Gasteiger partial charge >= 0.3 is 0 Å². The van der Waals surface area contributed by atoms with Gasteiger partial charge < -0.3 is 10.4 Å². The van der Waals surface area contributed by atoms with E-state index >= 15 is 0 Å². The van der Waals surface area contributed by atoms with E-state index < -0.39 is 5.60 Å². The molecule has 1 amide bonds. The van der Waals surface area contributed by atoms with E-state index in [1.165, 1.54) is 36.9 Å². The lowest BCUT2D eigenvalue weighted by Crippen LogP contribution is -2.38. The molecule has 7 heteroatoms. The molecule has 0 aliphatic rings. The number of amides is 1. The lowest BCUT2D eigenvalue weighted by Gasteiger charge is -2.24. The summed E-state index contributed by atoms with van der Waals surface area (Å²) in [5.41, 5.74) is 0.344. The number of carbonyl (C=O) groups is 1. The summed E-state index contributed by atoms with van der Waals surface area (Å²) in [6, 6.07) is 12.4. The standard InChI is InChI=1S/C18H17FN4O2/c1-18(25,14-5-7-15(19)8-6-14)10-21-17(24)13-3-2-4-16(9-13)23-12-20-11-22-23/h2-9,11-12,25H,10H2,1H3,(H,21,24). The van der Waals surface area contributed by atoms with Crippen LogP contribution in [0.4, 0.5) is 4.39 Å². The normalized spacial score (nSPS) is 13.2. The van der Waals surface area contributed by atoms with Crippen molar-refractivity contribution in [1.82, 2.24) is 20.1 Å². The number of nitrogens with zero attached hydrogens (tertiary/aromatic N) is 3. The second kappa shape index (κ2) is 6.82. The first-order valence-electron chi connectivity index (χ1n) is 7.67. The molecule has 0 aliphatic carbocycles.